The van der Waals surface area contributed by atoms with Gasteiger partial charge in [-0.25, -0.2) is 4.98 Å². The van der Waals surface area contributed by atoms with E-state index in [4.69, 9.17) is 4.98 Å². The molecule has 1 aromatic carbocycles. The van der Waals surface area contributed by atoms with Gasteiger partial charge in [-0.15, -0.1) is 0 Å². The molecule has 1 heterocycles. The standard InChI is InChI=1S/C17H25N3/c1-13-12-14-8-6-7-9-15(14)19-16(13)20(5)11-10-18-17(2,3)4/h6-9,12,18H,10-11H2,1-5H3. The van der Waals surface area contributed by atoms with E-state index in [0.29, 0.717) is 0 Å². The van der Waals surface area contributed by atoms with E-state index >= 15 is 0 Å². The molecule has 0 amide bonds. The van der Waals surface area contributed by atoms with Crippen LogP contribution < -0.4 is 10.2 Å². The Morgan fingerprint density at radius 3 is 2.60 bits per heavy atom. The van der Waals surface area contributed by atoms with Crippen LogP contribution in [0.15, 0.2) is 30.3 Å². The highest BCUT2D eigenvalue weighted by atomic mass is 15.2. The highest BCUT2D eigenvalue weighted by molar-refractivity contribution is 5.81. The summed E-state index contributed by atoms with van der Waals surface area (Å²) in [6.45, 7) is 10.6. The molecular weight excluding hydrogens is 246 g/mol. The lowest BCUT2D eigenvalue weighted by Gasteiger charge is -2.25. The molecule has 0 radical (unpaired) electrons. The number of anilines is 1. The summed E-state index contributed by atoms with van der Waals surface area (Å²) in [4.78, 5) is 7.01. The fraction of sp³-hybridized carbons (Fsp3) is 0.471. The first kappa shape index (κ1) is 14.8. The van der Waals surface area contributed by atoms with Crippen molar-refractivity contribution in [1.29, 1.82) is 0 Å². The van der Waals surface area contributed by atoms with Gasteiger partial charge in [0.2, 0.25) is 0 Å². The fourth-order valence-electron chi connectivity index (χ4n) is 2.30. The van der Waals surface area contributed by atoms with Crippen molar-refractivity contribution in [2.75, 3.05) is 25.0 Å². The summed E-state index contributed by atoms with van der Waals surface area (Å²) < 4.78 is 0. The lowest BCUT2D eigenvalue weighted by atomic mass is 10.1. The van der Waals surface area contributed by atoms with Gasteiger partial charge in [-0.05, 0) is 45.4 Å². The number of nitrogens with one attached hydrogen (secondary N) is 1. The predicted octanol–water partition coefficient (Wildman–Crippen LogP) is 3.37. The van der Waals surface area contributed by atoms with Gasteiger partial charge >= 0.3 is 0 Å². The number of fused-ring (bicyclic) bond motifs is 1. The van der Waals surface area contributed by atoms with Crippen LogP contribution in [0, 0.1) is 6.92 Å². The number of rotatable bonds is 4. The van der Waals surface area contributed by atoms with E-state index in [-0.39, 0.29) is 5.54 Å². The van der Waals surface area contributed by atoms with E-state index in [2.05, 4.69) is 69.2 Å². The molecule has 3 heteroatoms. The molecule has 0 unspecified atom stereocenters. The van der Waals surface area contributed by atoms with Gasteiger partial charge in [0.15, 0.2) is 0 Å². The Bertz CT molecular complexity index is 584. The van der Waals surface area contributed by atoms with Crippen molar-refractivity contribution in [1.82, 2.24) is 10.3 Å². The van der Waals surface area contributed by atoms with Crippen LogP contribution in [-0.4, -0.2) is 30.7 Å². The summed E-state index contributed by atoms with van der Waals surface area (Å²) in [5, 5.41) is 4.71. The number of hydrogen-bond donors (Lipinski definition) is 1. The third-order valence-corrected chi connectivity index (χ3v) is 3.35. The Hall–Kier alpha value is -1.61. The molecule has 0 aliphatic heterocycles. The Kier molecular flexibility index (Phi) is 4.29. The first-order valence-corrected chi connectivity index (χ1v) is 7.19. The van der Waals surface area contributed by atoms with Crippen LogP contribution in [0.25, 0.3) is 10.9 Å². The molecular formula is C17H25N3. The van der Waals surface area contributed by atoms with E-state index in [0.717, 1.165) is 24.4 Å². The van der Waals surface area contributed by atoms with Gasteiger partial charge in [0.25, 0.3) is 0 Å². The van der Waals surface area contributed by atoms with Crippen molar-refractivity contribution in [2.45, 2.75) is 33.2 Å². The van der Waals surface area contributed by atoms with Gasteiger partial charge in [0.1, 0.15) is 5.82 Å². The number of aryl methyl sites for hydroxylation is 1. The third-order valence-electron chi connectivity index (χ3n) is 3.35. The summed E-state index contributed by atoms with van der Waals surface area (Å²) >= 11 is 0. The normalized spacial score (nSPS) is 11.8. The molecule has 2 aromatic rings. The maximum Gasteiger partial charge on any atom is 0.131 e. The Balaban J connectivity index is 2.13. The highest BCUT2D eigenvalue weighted by Gasteiger charge is 2.11. The van der Waals surface area contributed by atoms with Crippen molar-refractivity contribution in [3.8, 4) is 0 Å². The van der Waals surface area contributed by atoms with Crippen LogP contribution in [0.3, 0.4) is 0 Å². The molecule has 0 saturated heterocycles. The molecule has 0 aliphatic carbocycles. The van der Waals surface area contributed by atoms with Gasteiger partial charge in [0, 0.05) is 31.1 Å². The van der Waals surface area contributed by atoms with Crippen LogP contribution in [0.1, 0.15) is 26.3 Å². The minimum absolute atomic E-state index is 0.159. The zero-order chi connectivity index (χ0) is 14.8. The van der Waals surface area contributed by atoms with Crippen molar-refractivity contribution < 1.29 is 0 Å². The SMILES string of the molecule is Cc1cc2ccccc2nc1N(C)CCNC(C)(C)C. The zero-order valence-corrected chi connectivity index (χ0v) is 13.2. The van der Waals surface area contributed by atoms with Crippen LogP contribution in [0.2, 0.25) is 0 Å². The Labute approximate surface area is 122 Å². The highest BCUT2D eigenvalue weighted by Crippen LogP contribution is 2.21. The molecule has 2 rings (SSSR count). The maximum atomic E-state index is 4.79. The topological polar surface area (TPSA) is 28.2 Å². The molecule has 0 fully saturated rings. The molecule has 0 saturated carbocycles. The van der Waals surface area contributed by atoms with Crippen LogP contribution in [0.5, 0.6) is 0 Å². The average molecular weight is 271 g/mol. The van der Waals surface area contributed by atoms with Crippen molar-refractivity contribution in [3.05, 3.63) is 35.9 Å². The van der Waals surface area contributed by atoms with Crippen LogP contribution in [0.4, 0.5) is 5.82 Å². The largest absolute Gasteiger partial charge is 0.358 e. The Morgan fingerprint density at radius 1 is 1.20 bits per heavy atom. The number of aromatic nitrogens is 1. The number of likely N-dealkylation sites (N-methyl/N-ethyl adjacent to an activating group) is 1. The van der Waals surface area contributed by atoms with Gasteiger partial charge in [-0.2, -0.15) is 0 Å². The van der Waals surface area contributed by atoms with Gasteiger partial charge in [-0.3, -0.25) is 0 Å². The quantitative estimate of drug-likeness (QED) is 0.924. The summed E-state index contributed by atoms with van der Waals surface area (Å²) in [7, 11) is 2.11. The number of para-hydroxylation sites is 1. The first-order valence-electron chi connectivity index (χ1n) is 7.19. The summed E-state index contributed by atoms with van der Waals surface area (Å²) in [5.74, 6) is 1.07. The van der Waals surface area contributed by atoms with Crippen molar-refractivity contribution >= 4 is 16.7 Å². The van der Waals surface area contributed by atoms with E-state index < -0.39 is 0 Å². The van der Waals surface area contributed by atoms with E-state index in [9.17, 15) is 0 Å². The second kappa shape index (κ2) is 5.80. The van der Waals surface area contributed by atoms with Crippen molar-refractivity contribution in [2.24, 2.45) is 0 Å². The van der Waals surface area contributed by atoms with E-state index in [1.807, 2.05) is 6.07 Å². The van der Waals surface area contributed by atoms with Crippen LogP contribution >= 0.6 is 0 Å². The van der Waals surface area contributed by atoms with E-state index in [1.54, 1.807) is 0 Å². The lowest BCUT2D eigenvalue weighted by molar-refractivity contribution is 0.430. The van der Waals surface area contributed by atoms with E-state index in [1.165, 1.54) is 10.9 Å². The van der Waals surface area contributed by atoms with Gasteiger partial charge in [0.05, 0.1) is 5.52 Å². The molecule has 108 valence electrons. The molecule has 3 nitrogen and oxygen atoms in total. The first-order chi connectivity index (χ1) is 9.37. The molecule has 0 bridgehead atoms. The second-order valence-electron chi connectivity index (χ2n) is 6.42. The molecule has 0 spiro atoms. The summed E-state index contributed by atoms with van der Waals surface area (Å²) in [6, 6.07) is 10.5. The van der Waals surface area contributed by atoms with Crippen LogP contribution in [-0.2, 0) is 0 Å². The smallest absolute Gasteiger partial charge is 0.131 e. The van der Waals surface area contributed by atoms with Crippen molar-refractivity contribution in [3.63, 3.8) is 0 Å². The summed E-state index contributed by atoms with van der Waals surface area (Å²) in [6.07, 6.45) is 0. The molecule has 0 aliphatic rings. The second-order valence-corrected chi connectivity index (χ2v) is 6.42. The molecule has 1 N–H and O–H groups in total. The predicted molar refractivity (Wildman–Crippen MR) is 87.5 cm³/mol. The molecule has 1 aromatic heterocycles. The maximum absolute atomic E-state index is 4.79. The molecule has 20 heavy (non-hydrogen) atoms. The number of nitrogens with zero attached hydrogens (tertiary/aromatic N) is 2. The summed E-state index contributed by atoms with van der Waals surface area (Å²) in [5.41, 5.74) is 2.44. The van der Waals surface area contributed by atoms with Gasteiger partial charge in [-0.1, -0.05) is 18.2 Å². The zero-order valence-electron chi connectivity index (χ0n) is 13.2. The monoisotopic (exact) mass is 271 g/mol. The number of pyridine rings is 1. The molecule has 0 atom stereocenters. The Morgan fingerprint density at radius 2 is 1.90 bits per heavy atom. The minimum atomic E-state index is 0.159. The average Bonchev–Trinajstić information content (AvgIpc) is 2.36. The van der Waals surface area contributed by atoms with Gasteiger partial charge < -0.3 is 10.2 Å². The number of benzene rings is 1. The minimum Gasteiger partial charge on any atom is -0.358 e. The number of hydrogen-bond acceptors (Lipinski definition) is 3. The fourth-order valence-corrected chi connectivity index (χ4v) is 2.30. The lowest BCUT2D eigenvalue weighted by Crippen LogP contribution is -2.40. The third kappa shape index (κ3) is 3.70.